The number of carbonyl (C=O) groups is 1. The highest BCUT2D eigenvalue weighted by atomic mass is 16.8. The molecule has 448 valence electrons. The molecule has 3 aliphatic heterocycles. The van der Waals surface area contributed by atoms with Crippen LogP contribution in [0.4, 0.5) is 0 Å². The molecule has 3 rings (SSSR count). The number of allylic oxidation sites excluding steroid dienone is 7. The fraction of sp³-hybridized carbons (Fsp3) is 0.845. The zero-order valence-corrected chi connectivity index (χ0v) is 46.4. The largest absolute Gasteiger partial charge is 0.394 e. The molecule has 0 radical (unpaired) electrons. The maximum atomic E-state index is 13.3. The highest BCUT2D eigenvalue weighted by molar-refractivity contribution is 5.76. The van der Waals surface area contributed by atoms with E-state index in [4.69, 9.17) is 28.4 Å². The minimum absolute atomic E-state index is 0.231. The number of hydrogen-bond donors (Lipinski definition) is 12. The number of unbranched alkanes of at least 4 members (excludes halogenated alkanes) is 20. The summed E-state index contributed by atoms with van der Waals surface area (Å²) in [5.41, 5.74) is 0. The molecule has 17 unspecified atom stereocenters. The molecule has 3 saturated heterocycles. The first kappa shape index (κ1) is 69.0. The third-order valence-electron chi connectivity index (χ3n) is 14.6. The molecule has 17 atom stereocenters. The highest BCUT2D eigenvalue weighted by Crippen LogP contribution is 2.33. The van der Waals surface area contributed by atoms with Gasteiger partial charge in [-0.2, -0.15) is 0 Å². The van der Waals surface area contributed by atoms with Crippen LogP contribution in [-0.2, 0) is 33.2 Å². The monoisotopic (exact) mass is 1100 g/mol. The molecule has 0 spiro atoms. The van der Waals surface area contributed by atoms with Gasteiger partial charge in [0.25, 0.3) is 0 Å². The summed E-state index contributed by atoms with van der Waals surface area (Å²) in [6.07, 6.45) is 18.4. The maximum Gasteiger partial charge on any atom is 0.220 e. The Labute approximate surface area is 459 Å². The van der Waals surface area contributed by atoms with E-state index >= 15 is 0 Å². The van der Waals surface area contributed by atoms with Crippen LogP contribution in [0.2, 0.25) is 0 Å². The summed E-state index contributed by atoms with van der Waals surface area (Å²) >= 11 is 0. The van der Waals surface area contributed by atoms with E-state index in [0.29, 0.717) is 12.8 Å². The first-order chi connectivity index (χ1) is 37.3. The summed E-state index contributed by atoms with van der Waals surface area (Å²) in [5.74, 6) is -0.293. The average molecular weight is 1100 g/mol. The van der Waals surface area contributed by atoms with E-state index < -0.39 is 124 Å². The molecular weight excluding hydrogens is 999 g/mol. The zero-order chi connectivity index (χ0) is 56.2. The van der Waals surface area contributed by atoms with Crippen LogP contribution >= 0.6 is 0 Å². The van der Waals surface area contributed by atoms with Crippen molar-refractivity contribution >= 4 is 5.91 Å². The number of rotatable bonds is 42. The highest BCUT2D eigenvalue weighted by Gasteiger charge is 2.53. The van der Waals surface area contributed by atoms with Gasteiger partial charge in [-0.1, -0.05) is 159 Å². The SMILES string of the molecule is CCCCC/C=C/CC/C=C/C(O)C(COC1OC(CO)C(OC2OC(CO)C(OC3OC(CO)C(O)C(O)C3O)C(O)C2O)C(O)C1O)NC(=O)CCCCCCCCCCCCC/C=C\C/C=C\CCCCCCC. The first-order valence-electron chi connectivity index (χ1n) is 29.4. The lowest BCUT2D eigenvalue weighted by molar-refractivity contribution is -0.379. The smallest absolute Gasteiger partial charge is 0.220 e. The second-order valence-corrected chi connectivity index (χ2v) is 21.1. The van der Waals surface area contributed by atoms with Gasteiger partial charge in [0.15, 0.2) is 18.9 Å². The number of nitrogens with one attached hydrogen (secondary N) is 1. The van der Waals surface area contributed by atoms with E-state index in [0.717, 1.165) is 64.2 Å². The molecule has 19 nitrogen and oxygen atoms in total. The summed E-state index contributed by atoms with van der Waals surface area (Å²) in [5, 5.41) is 120. The fourth-order valence-corrected chi connectivity index (χ4v) is 9.71. The summed E-state index contributed by atoms with van der Waals surface area (Å²) in [6, 6.07) is -0.989. The van der Waals surface area contributed by atoms with Crippen LogP contribution in [0.15, 0.2) is 48.6 Å². The van der Waals surface area contributed by atoms with Crippen molar-refractivity contribution in [3.8, 4) is 0 Å². The number of carbonyl (C=O) groups excluding carboxylic acids is 1. The van der Waals surface area contributed by atoms with Crippen molar-refractivity contribution in [2.45, 2.75) is 285 Å². The van der Waals surface area contributed by atoms with E-state index in [-0.39, 0.29) is 18.9 Å². The van der Waals surface area contributed by atoms with Crippen LogP contribution < -0.4 is 5.32 Å². The lowest BCUT2D eigenvalue weighted by Crippen LogP contribution is -2.66. The fourth-order valence-electron chi connectivity index (χ4n) is 9.71. The zero-order valence-electron chi connectivity index (χ0n) is 46.4. The van der Waals surface area contributed by atoms with Gasteiger partial charge >= 0.3 is 0 Å². The quantitative estimate of drug-likeness (QED) is 0.0291. The number of amides is 1. The Morgan fingerprint density at radius 2 is 0.870 bits per heavy atom. The normalized spacial score (nSPS) is 31.1. The predicted molar refractivity (Wildman–Crippen MR) is 291 cm³/mol. The standard InChI is InChI=1S/C58H103NO18/c1-3-5-7-9-11-13-14-15-16-17-18-19-20-21-22-23-24-25-26-28-30-32-34-36-46(64)59-41(42(63)35-33-31-29-27-12-10-8-6-4-2)40-72-56-52(70)49(67)54(44(38-61)74-56)77-58-53(71)50(68)55(45(39-62)75-58)76-57-51(69)48(66)47(65)43(37-60)73-57/h12,14-15,17-18,27,33,35,41-45,47-58,60-63,65-71H,3-11,13,16,19-26,28-32,34,36-40H2,1-2H3,(H,59,64)/b15-14-,18-17-,27-12+,35-33+. The number of aliphatic hydroxyl groups is 11. The molecule has 77 heavy (non-hydrogen) atoms. The van der Waals surface area contributed by atoms with Crippen LogP contribution in [0.25, 0.3) is 0 Å². The number of aliphatic hydroxyl groups excluding tert-OH is 11. The van der Waals surface area contributed by atoms with Gasteiger partial charge in [-0.3, -0.25) is 4.79 Å². The molecule has 0 aromatic heterocycles. The van der Waals surface area contributed by atoms with E-state index in [1.54, 1.807) is 6.08 Å². The summed E-state index contributed by atoms with van der Waals surface area (Å²) in [6.45, 7) is 1.61. The number of ether oxygens (including phenoxy) is 6. The average Bonchev–Trinajstić information content (AvgIpc) is 3.43. The van der Waals surface area contributed by atoms with Crippen LogP contribution in [-0.4, -0.2) is 193 Å². The molecule has 0 saturated carbocycles. The molecule has 3 heterocycles. The van der Waals surface area contributed by atoms with Crippen molar-refractivity contribution in [1.82, 2.24) is 5.32 Å². The first-order valence-corrected chi connectivity index (χ1v) is 29.4. The Balaban J connectivity index is 1.45. The summed E-state index contributed by atoms with van der Waals surface area (Å²) in [4.78, 5) is 13.3. The van der Waals surface area contributed by atoms with Gasteiger partial charge in [0.05, 0.1) is 38.6 Å². The molecular formula is C58H103NO18. The Hall–Kier alpha value is -2.25. The Kier molecular flexibility index (Phi) is 37.4. The minimum atomic E-state index is -1.98. The van der Waals surface area contributed by atoms with Crippen LogP contribution in [0.3, 0.4) is 0 Å². The molecule has 12 N–H and O–H groups in total. The molecule has 1 amide bonds. The van der Waals surface area contributed by atoms with Crippen molar-refractivity contribution in [3.05, 3.63) is 48.6 Å². The third-order valence-corrected chi connectivity index (χ3v) is 14.6. The van der Waals surface area contributed by atoms with Crippen molar-refractivity contribution in [3.63, 3.8) is 0 Å². The minimum Gasteiger partial charge on any atom is -0.394 e. The second-order valence-electron chi connectivity index (χ2n) is 21.1. The topological polar surface area (TPSA) is 307 Å². The Bertz CT molecular complexity index is 1600. The third kappa shape index (κ3) is 26.0. The summed E-state index contributed by atoms with van der Waals surface area (Å²) < 4.78 is 34.1. The molecule has 0 aromatic carbocycles. The van der Waals surface area contributed by atoms with Gasteiger partial charge < -0.3 is 89.9 Å². The van der Waals surface area contributed by atoms with Crippen LogP contribution in [0.1, 0.15) is 181 Å². The molecule has 0 aromatic rings. The Morgan fingerprint density at radius 1 is 0.468 bits per heavy atom. The molecule has 3 fully saturated rings. The van der Waals surface area contributed by atoms with E-state index in [2.05, 4.69) is 55.6 Å². The predicted octanol–water partition coefficient (Wildman–Crippen LogP) is 4.70. The van der Waals surface area contributed by atoms with Gasteiger partial charge in [0.1, 0.15) is 73.2 Å². The van der Waals surface area contributed by atoms with Crippen molar-refractivity contribution in [2.75, 3.05) is 26.4 Å². The van der Waals surface area contributed by atoms with Crippen molar-refractivity contribution < 1.29 is 89.4 Å². The van der Waals surface area contributed by atoms with Gasteiger partial charge in [-0.25, -0.2) is 0 Å². The van der Waals surface area contributed by atoms with Crippen LogP contribution in [0, 0.1) is 0 Å². The number of hydrogen-bond acceptors (Lipinski definition) is 18. The van der Waals surface area contributed by atoms with E-state index in [1.165, 1.54) is 83.5 Å². The molecule has 0 aliphatic carbocycles. The van der Waals surface area contributed by atoms with Gasteiger partial charge in [0, 0.05) is 6.42 Å². The molecule has 3 aliphatic rings. The second kappa shape index (κ2) is 41.7. The van der Waals surface area contributed by atoms with Gasteiger partial charge in [0.2, 0.25) is 5.91 Å². The lowest BCUT2D eigenvalue weighted by atomic mass is 9.96. The maximum absolute atomic E-state index is 13.3. The van der Waals surface area contributed by atoms with Gasteiger partial charge in [-0.05, 0) is 64.2 Å². The van der Waals surface area contributed by atoms with E-state index in [1.807, 2.05) is 6.08 Å². The van der Waals surface area contributed by atoms with Crippen molar-refractivity contribution in [2.24, 2.45) is 0 Å². The molecule has 19 heteroatoms. The summed E-state index contributed by atoms with van der Waals surface area (Å²) in [7, 11) is 0. The van der Waals surface area contributed by atoms with Crippen molar-refractivity contribution in [1.29, 1.82) is 0 Å². The van der Waals surface area contributed by atoms with Gasteiger partial charge in [-0.15, -0.1) is 0 Å². The van der Waals surface area contributed by atoms with Crippen LogP contribution in [0.5, 0.6) is 0 Å². The lowest BCUT2D eigenvalue weighted by Gasteiger charge is -2.48. The molecule has 0 bridgehead atoms. The van der Waals surface area contributed by atoms with E-state index in [9.17, 15) is 61.0 Å². The Morgan fingerprint density at radius 3 is 1.40 bits per heavy atom.